The van der Waals surface area contributed by atoms with Crippen LogP contribution < -0.4 is 10.6 Å². The summed E-state index contributed by atoms with van der Waals surface area (Å²) < 4.78 is 0. The Morgan fingerprint density at radius 1 is 0.692 bits per heavy atom. The van der Waals surface area contributed by atoms with Crippen LogP contribution in [0.3, 0.4) is 0 Å². The first-order valence-electron chi connectivity index (χ1n) is 8.56. The van der Waals surface area contributed by atoms with Crippen LogP contribution in [0.4, 0.5) is 0 Å². The number of hydrogen-bond acceptors (Lipinski definition) is 2. The highest BCUT2D eigenvalue weighted by atomic mass is 35.5. The Morgan fingerprint density at radius 2 is 1.08 bits per heavy atom. The van der Waals surface area contributed by atoms with Gasteiger partial charge in [-0.15, -0.1) is 0 Å². The lowest BCUT2D eigenvalue weighted by Crippen LogP contribution is -2.34. The van der Waals surface area contributed by atoms with E-state index in [4.69, 9.17) is 23.2 Å². The molecule has 4 nitrogen and oxygen atoms in total. The number of nitrogens with one attached hydrogen (secondary N) is 2. The van der Waals surface area contributed by atoms with Crippen LogP contribution in [0.25, 0.3) is 0 Å². The molecule has 6 heteroatoms. The first-order valence-corrected chi connectivity index (χ1v) is 9.32. The predicted octanol–water partition coefficient (Wildman–Crippen LogP) is 3.79. The third kappa shape index (κ3) is 7.06. The lowest BCUT2D eigenvalue weighted by molar-refractivity contribution is -0.122. The molecule has 0 heterocycles. The molecule has 0 unspecified atom stereocenters. The summed E-state index contributed by atoms with van der Waals surface area (Å²) in [6.07, 6.45) is 1.92. The Balaban J connectivity index is 1.58. The van der Waals surface area contributed by atoms with Crippen molar-refractivity contribution in [2.75, 3.05) is 13.1 Å². The van der Waals surface area contributed by atoms with Crippen LogP contribution in [0.15, 0.2) is 48.5 Å². The second kappa shape index (κ2) is 10.8. The van der Waals surface area contributed by atoms with Crippen LogP contribution in [0.5, 0.6) is 0 Å². The third-order valence-electron chi connectivity index (χ3n) is 3.93. The summed E-state index contributed by atoms with van der Waals surface area (Å²) in [6.45, 7) is 0.804. The molecule has 0 spiro atoms. The molecule has 2 rings (SSSR count). The van der Waals surface area contributed by atoms with Crippen molar-refractivity contribution in [3.8, 4) is 0 Å². The van der Waals surface area contributed by atoms with E-state index in [-0.39, 0.29) is 11.8 Å². The van der Waals surface area contributed by atoms with Crippen LogP contribution >= 0.6 is 23.2 Å². The molecule has 0 aliphatic carbocycles. The summed E-state index contributed by atoms with van der Waals surface area (Å²) in [4.78, 5) is 23.7. The number of benzene rings is 2. The van der Waals surface area contributed by atoms with Crippen LogP contribution in [0.1, 0.15) is 24.0 Å². The molecular formula is C20H22Cl2N2O2. The van der Waals surface area contributed by atoms with Gasteiger partial charge in [-0.2, -0.15) is 0 Å². The van der Waals surface area contributed by atoms with E-state index in [2.05, 4.69) is 10.6 Å². The molecule has 0 aliphatic heterocycles. The van der Waals surface area contributed by atoms with Gasteiger partial charge in [0.2, 0.25) is 11.8 Å². The van der Waals surface area contributed by atoms with E-state index in [0.717, 1.165) is 11.1 Å². The molecule has 26 heavy (non-hydrogen) atoms. The number of amides is 2. The molecule has 0 aromatic heterocycles. The summed E-state index contributed by atoms with van der Waals surface area (Å²) >= 11 is 12.1. The summed E-state index contributed by atoms with van der Waals surface area (Å²) in [7, 11) is 0. The van der Waals surface area contributed by atoms with Crippen molar-refractivity contribution >= 4 is 35.0 Å². The van der Waals surface area contributed by atoms with Crippen LogP contribution in [-0.2, 0) is 22.4 Å². The van der Waals surface area contributed by atoms with E-state index in [9.17, 15) is 9.59 Å². The molecule has 138 valence electrons. The molecule has 2 aromatic rings. The largest absolute Gasteiger partial charge is 0.354 e. The Labute approximate surface area is 163 Å². The SMILES string of the molecule is O=C(CCc1ccccc1Cl)NCCNC(=O)CCc1ccccc1Cl. The number of halogens is 2. The number of aryl methyl sites for hydroxylation is 2. The lowest BCUT2D eigenvalue weighted by atomic mass is 10.1. The van der Waals surface area contributed by atoms with Gasteiger partial charge in [-0.1, -0.05) is 59.6 Å². The van der Waals surface area contributed by atoms with Gasteiger partial charge in [-0.05, 0) is 36.1 Å². The molecular weight excluding hydrogens is 371 g/mol. The van der Waals surface area contributed by atoms with Gasteiger partial charge in [-0.25, -0.2) is 0 Å². The topological polar surface area (TPSA) is 58.2 Å². The molecule has 0 aliphatic rings. The summed E-state index contributed by atoms with van der Waals surface area (Å²) in [5.74, 6) is -0.120. The molecule has 0 bridgehead atoms. The van der Waals surface area contributed by atoms with Crippen molar-refractivity contribution in [2.24, 2.45) is 0 Å². The summed E-state index contributed by atoms with van der Waals surface area (Å²) in [6, 6.07) is 15.0. The second-order valence-electron chi connectivity index (χ2n) is 5.88. The van der Waals surface area contributed by atoms with Gasteiger partial charge in [0.25, 0.3) is 0 Å². The molecule has 0 atom stereocenters. The molecule has 0 saturated heterocycles. The van der Waals surface area contributed by atoms with Crippen molar-refractivity contribution in [3.05, 3.63) is 69.7 Å². The van der Waals surface area contributed by atoms with E-state index < -0.39 is 0 Å². The maximum atomic E-state index is 11.8. The van der Waals surface area contributed by atoms with Crippen LogP contribution in [-0.4, -0.2) is 24.9 Å². The lowest BCUT2D eigenvalue weighted by Gasteiger charge is -2.08. The van der Waals surface area contributed by atoms with Crippen molar-refractivity contribution < 1.29 is 9.59 Å². The smallest absolute Gasteiger partial charge is 0.220 e. The maximum Gasteiger partial charge on any atom is 0.220 e. The van der Waals surface area contributed by atoms with E-state index in [1.54, 1.807) is 0 Å². The zero-order valence-corrected chi connectivity index (χ0v) is 15.9. The Kier molecular flexibility index (Phi) is 8.45. The third-order valence-corrected chi connectivity index (χ3v) is 4.67. The second-order valence-corrected chi connectivity index (χ2v) is 6.70. The van der Waals surface area contributed by atoms with Gasteiger partial charge in [0.15, 0.2) is 0 Å². The van der Waals surface area contributed by atoms with Crippen molar-refractivity contribution in [1.29, 1.82) is 0 Å². The van der Waals surface area contributed by atoms with Crippen molar-refractivity contribution in [1.82, 2.24) is 10.6 Å². The minimum Gasteiger partial charge on any atom is -0.354 e. The van der Waals surface area contributed by atoms with Gasteiger partial charge in [0.05, 0.1) is 0 Å². The van der Waals surface area contributed by atoms with Crippen LogP contribution in [0, 0.1) is 0 Å². The van der Waals surface area contributed by atoms with Crippen LogP contribution in [0.2, 0.25) is 10.0 Å². The van der Waals surface area contributed by atoms with E-state index >= 15 is 0 Å². The first-order chi connectivity index (χ1) is 12.6. The van der Waals surface area contributed by atoms with Gasteiger partial charge < -0.3 is 10.6 Å². The van der Waals surface area contributed by atoms with E-state index in [0.29, 0.717) is 48.8 Å². The van der Waals surface area contributed by atoms with Gasteiger partial charge in [-0.3, -0.25) is 9.59 Å². The monoisotopic (exact) mass is 392 g/mol. The van der Waals surface area contributed by atoms with Crippen molar-refractivity contribution in [3.63, 3.8) is 0 Å². The normalized spacial score (nSPS) is 10.4. The fourth-order valence-corrected chi connectivity index (χ4v) is 2.94. The fraction of sp³-hybridized carbons (Fsp3) is 0.300. The number of carbonyl (C=O) groups is 2. The molecule has 0 fully saturated rings. The van der Waals surface area contributed by atoms with Gasteiger partial charge in [0, 0.05) is 36.0 Å². The van der Waals surface area contributed by atoms with Gasteiger partial charge >= 0.3 is 0 Å². The average molecular weight is 393 g/mol. The highest BCUT2D eigenvalue weighted by Gasteiger charge is 2.06. The van der Waals surface area contributed by atoms with E-state index in [1.807, 2.05) is 48.5 Å². The zero-order valence-electron chi connectivity index (χ0n) is 14.4. The zero-order chi connectivity index (χ0) is 18.8. The number of rotatable bonds is 9. The van der Waals surface area contributed by atoms with E-state index in [1.165, 1.54) is 0 Å². The number of hydrogen-bond donors (Lipinski definition) is 2. The highest BCUT2D eigenvalue weighted by molar-refractivity contribution is 6.31. The standard InChI is InChI=1S/C20H22Cl2N2O2/c21-17-7-3-1-5-15(17)9-11-19(25)23-13-14-24-20(26)12-10-16-6-2-4-8-18(16)22/h1-8H,9-14H2,(H,23,25)(H,24,26). The molecule has 2 amide bonds. The Morgan fingerprint density at radius 3 is 1.46 bits per heavy atom. The molecule has 2 aromatic carbocycles. The Bertz CT molecular complexity index is 687. The molecule has 2 N–H and O–H groups in total. The average Bonchev–Trinajstić information content (AvgIpc) is 2.64. The minimum absolute atomic E-state index is 0.0600. The fourth-order valence-electron chi connectivity index (χ4n) is 2.48. The summed E-state index contributed by atoms with van der Waals surface area (Å²) in [5.41, 5.74) is 1.91. The summed E-state index contributed by atoms with van der Waals surface area (Å²) in [5, 5.41) is 6.93. The quantitative estimate of drug-likeness (QED) is 0.637. The minimum atomic E-state index is -0.0600. The van der Waals surface area contributed by atoms with Crippen molar-refractivity contribution in [2.45, 2.75) is 25.7 Å². The molecule has 0 saturated carbocycles. The number of carbonyl (C=O) groups excluding carboxylic acids is 2. The first kappa shape index (κ1) is 20.3. The molecule has 0 radical (unpaired) electrons. The van der Waals surface area contributed by atoms with Gasteiger partial charge in [0.1, 0.15) is 0 Å². The highest BCUT2D eigenvalue weighted by Crippen LogP contribution is 2.17. The Hall–Kier alpha value is -2.04. The maximum absolute atomic E-state index is 11.8. The predicted molar refractivity (Wildman–Crippen MR) is 106 cm³/mol.